The van der Waals surface area contributed by atoms with Gasteiger partial charge >= 0.3 is 0 Å². The highest BCUT2D eigenvalue weighted by molar-refractivity contribution is 5.26. The number of hydrogen-bond acceptors (Lipinski definition) is 0. The molecule has 6 atom stereocenters. The SMILES string of the molecule is CC1CC2CC23C2CCCC2C13. The van der Waals surface area contributed by atoms with Gasteiger partial charge in [-0.1, -0.05) is 13.3 Å². The first-order chi connectivity index (χ1) is 5.84. The molecule has 4 aliphatic rings. The number of rotatable bonds is 0. The van der Waals surface area contributed by atoms with E-state index < -0.39 is 0 Å². The molecular weight excluding hydrogens is 144 g/mol. The zero-order chi connectivity index (χ0) is 7.92. The minimum absolute atomic E-state index is 0.973. The first kappa shape index (κ1) is 6.45. The van der Waals surface area contributed by atoms with Gasteiger partial charge < -0.3 is 0 Å². The first-order valence-corrected chi connectivity index (χ1v) is 5.84. The van der Waals surface area contributed by atoms with Gasteiger partial charge in [0.1, 0.15) is 0 Å². The average molecular weight is 162 g/mol. The summed E-state index contributed by atoms with van der Waals surface area (Å²) in [5.74, 6) is 5.93. The highest BCUT2D eigenvalue weighted by Gasteiger charge is 2.78. The van der Waals surface area contributed by atoms with Crippen LogP contribution < -0.4 is 0 Å². The predicted molar refractivity (Wildman–Crippen MR) is 48.6 cm³/mol. The lowest BCUT2D eigenvalue weighted by Gasteiger charge is -2.51. The maximum Gasteiger partial charge on any atom is -0.0201 e. The third-order valence-electron chi connectivity index (χ3n) is 5.81. The van der Waals surface area contributed by atoms with Crippen LogP contribution in [0.4, 0.5) is 0 Å². The molecule has 0 aromatic heterocycles. The molecule has 4 fully saturated rings. The van der Waals surface area contributed by atoms with Crippen molar-refractivity contribution >= 4 is 0 Å². The Morgan fingerprint density at radius 2 is 2.17 bits per heavy atom. The standard InChI is InChI=1S/C12H18/c1-7-5-8-6-12(8)10-4-2-3-9(10)11(7)12/h7-11H,2-6H2,1H3. The van der Waals surface area contributed by atoms with Crippen LogP contribution in [0, 0.1) is 35.0 Å². The fourth-order valence-electron chi connectivity index (χ4n) is 5.69. The molecule has 4 saturated carbocycles. The van der Waals surface area contributed by atoms with Crippen molar-refractivity contribution in [3.63, 3.8) is 0 Å². The van der Waals surface area contributed by atoms with Gasteiger partial charge in [0.2, 0.25) is 0 Å². The molecule has 0 aromatic rings. The van der Waals surface area contributed by atoms with Crippen molar-refractivity contribution in [3.05, 3.63) is 0 Å². The third-order valence-corrected chi connectivity index (χ3v) is 5.81. The van der Waals surface area contributed by atoms with E-state index in [1.807, 2.05) is 0 Å². The van der Waals surface area contributed by atoms with Crippen molar-refractivity contribution in [2.45, 2.75) is 39.0 Å². The van der Waals surface area contributed by atoms with E-state index in [9.17, 15) is 0 Å². The van der Waals surface area contributed by atoms with Gasteiger partial charge in [0, 0.05) is 0 Å². The summed E-state index contributed by atoms with van der Waals surface area (Å²) in [6, 6.07) is 0. The fraction of sp³-hybridized carbons (Fsp3) is 1.00. The molecule has 0 radical (unpaired) electrons. The molecule has 12 heavy (non-hydrogen) atoms. The summed E-state index contributed by atoms with van der Waals surface area (Å²) in [6.07, 6.45) is 7.99. The molecule has 0 N–H and O–H groups in total. The second kappa shape index (κ2) is 1.63. The van der Waals surface area contributed by atoms with Crippen LogP contribution in [0.3, 0.4) is 0 Å². The summed E-state index contributed by atoms with van der Waals surface area (Å²) >= 11 is 0. The molecule has 0 bridgehead atoms. The van der Waals surface area contributed by atoms with E-state index in [1.54, 1.807) is 32.1 Å². The van der Waals surface area contributed by atoms with Crippen molar-refractivity contribution in [2.24, 2.45) is 35.0 Å². The Kier molecular flexibility index (Phi) is 0.875. The lowest BCUT2D eigenvalue weighted by molar-refractivity contribution is -0.0340. The van der Waals surface area contributed by atoms with Crippen LogP contribution in [0.2, 0.25) is 0 Å². The molecule has 4 rings (SSSR count). The molecule has 4 aliphatic carbocycles. The minimum Gasteiger partial charge on any atom is -0.0622 e. The van der Waals surface area contributed by atoms with Crippen LogP contribution in [0.15, 0.2) is 0 Å². The van der Waals surface area contributed by atoms with Crippen molar-refractivity contribution in [3.8, 4) is 0 Å². The maximum atomic E-state index is 2.52. The van der Waals surface area contributed by atoms with E-state index in [4.69, 9.17) is 0 Å². The second-order valence-corrected chi connectivity index (χ2v) is 5.95. The quantitative estimate of drug-likeness (QED) is 0.513. The van der Waals surface area contributed by atoms with Crippen LogP contribution in [0.25, 0.3) is 0 Å². The van der Waals surface area contributed by atoms with Gasteiger partial charge in [-0.2, -0.15) is 0 Å². The zero-order valence-electron chi connectivity index (χ0n) is 7.92. The van der Waals surface area contributed by atoms with E-state index >= 15 is 0 Å². The summed E-state index contributed by atoms with van der Waals surface area (Å²) in [6.45, 7) is 2.52. The monoisotopic (exact) mass is 162 g/mol. The largest absolute Gasteiger partial charge is 0.0622 e. The van der Waals surface area contributed by atoms with Gasteiger partial charge in [-0.05, 0) is 60.7 Å². The molecule has 0 saturated heterocycles. The molecular formula is C12H18. The van der Waals surface area contributed by atoms with Gasteiger partial charge in [-0.25, -0.2) is 0 Å². The first-order valence-electron chi connectivity index (χ1n) is 5.84. The van der Waals surface area contributed by atoms with E-state index in [0.717, 1.165) is 11.3 Å². The maximum absolute atomic E-state index is 2.52. The van der Waals surface area contributed by atoms with E-state index in [0.29, 0.717) is 0 Å². The molecule has 6 unspecified atom stereocenters. The number of fused-ring (bicyclic) bond motifs is 2. The van der Waals surface area contributed by atoms with Crippen LogP contribution in [0.1, 0.15) is 39.0 Å². The zero-order valence-corrected chi connectivity index (χ0v) is 7.92. The fourth-order valence-corrected chi connectivity index (χ4v) is 5.69. The highest BCUT2D eigenvalue weighted by atomic mass is 14.8. The molecule has 1 spiro atoms. The Morgan fingerprint density at radius 3 is 3.08 bits per heavy atom. The smallest absolute Gasteiger partial charge is 0.0201 e. The van der Waals surface area contributed by atoms with E-state index in [-0.39, 0.29) is 0 Å². The Morgan fingerprint density at radius 1 is 1.25 bits per heavy atom. The molecule has 0 aromatic carbocycles. The third kappa shape index (κ3) is 0.438. The molecule has 0 amide bonds. The summed E-state index contributed by atoms with van der Waals surface area (Å²) < 4.78 is 0. The Bertz CT molecular complexity index is 244. The highest BCUT2D eigenvalue weighted by Crippen LogP contribution is 2.84. The van der Waals surface area contributed by atoms with Crippen LogP contribution in [0.5, 0.6) is 0 Å². The van der Waals surface area contributed by atoms with E-state index in [2.05, 4.69) is 6.92 Å². The van der Waals surface area contributed by atoms with E-state index in [1.165, 1.54) is 23.7 Å². The lowest BCUT2D eigenvalue weighted by Crippen LogP contribution is -2.46. The molecule has 0 heteroatoms. The van der Waals surface area contributed by atoms with Gasteiger partial charge in [0.15, 0.2) is 0 Å². The molecule has 0 nitrogen and oxygen atoms in total. The van der Waals surface area contributed by atoms with Crippen LogP contribution in [-0.4, -0.2) is 0 Å². The van der Waals surface area contributed by atoms with Crippen molar-refractivity contribution in [1.82, 2.24) is 0 Å². The topological polar surface area (TPSA) is 0 Å². The van der Waals surface area contributed by atoms with Crippen LogP contribution >= 0.6 is 0 Å². The summed E-state index contributed by atoms with van der Waals surface area (Å²) in [5.41, 5.74) is 0.973. The van der Waals surface area contributed by atoms with Gasteiger partial charge in [0.25, 0.3) is 0 Å². The normalized spacial score (nSPS) is 71.2. The molecule has 0 aliphatic heterocycles. The van der Waals surface area contributed by atoms with Gasteiger partial charge in [-0.3, -0.25) is 0 Å². The Balaban J connectivity index is 1.77. The summed E-state index contributed by atoms with van der Waals surface area (Å²) in [5, 5.41) is 0. The summed E-state index contributed by atoms with van der Waals surface area (Å²) in [7, 11) is 0. The minimum atomic E-state index is 0.973. The predicted octanol–water partition coefficient (Wildman–Crippen LogP) is 3.08. The van der Waals surface area contributed by atoms with Gasteiger partial charge in [0.05, 0.1) is 0 Å². The average Bonchev–Trinajstić information content (AvgIpc) is 2.51. The number of hydrogen-bond donors (Lipinski definition) is 0. The Hall–Kier alpha value is 0. The lowest BCUT2D eigenvalue weighted by atomic mass is 9.54. The summed E-state index contributed by atoms with van der Waals surface area (Å²) in [4.78, 5) is 0. The van der Waals surface area contributed by atoms with Gasteiger partial charge in [-0.15, -0.1) is 0 Å². The van der Waals surface area contributed by atoms with Crippen molar-refractivity contribution in [2.75, 3.05) is 0 Å². The van der Waals surface area contributed by atoms with Crippen molar-refractivity contribution in [1.29, 1.82) is 0 Å². The molecule has 66 valence electrons. The Labute approximate surface area is 74.7 Å². The van der Waals surface area contributed by atoms with Crippen molar-refractivity contribution < 1.29 is 0 Å². The molecule has 0 heterocycles. The second-order valence-electron chi connectivity index (χ2n) is 5.95. The van der Waals surface area contributed by atoms with Crippen LogP contribution in [-0.2, 0) is 0 Å².